The normalized spacial score (nSPS) is 13.2. The maximum absolute atomic E-state index is 12.9. The van der Waals surface area contributed by atoms with Gasteiger partial charge in [0.2, 0.25) is 0 Å². The summed E-state index contributed by atoms with van der Waals surface area (Å²) < 4.78 is 32.1. The van der Waals surface area contributed by atoms with E-state index in [-0.39, 0.29) is 10.6 Å². The molecule has 0 aromatic heterocycles. The minimum Gasteiger partial charge on any atom is -0.460 e. The zero-order valence-electron chi connectivity index (χ0n) is 16.0. The van der Waals surface area contributed by atoms with Crippen LogP contribution in [0.1, 0.15) is 31.9 Å². The van der Waals surface area contributed by atoms with Crippen molar-refractivity contribution in [2.75, 3.05) is 5.75 Å². The molecule has 2 aromatic carbocycles. The van der Waals surface area contributed by atoms with Gasteiger partial charge in [-0.25, -0.2) is 8.42 Å². The van der Waals surface area contributed by atoms with Crippen LogP contribution in [-0.2, 0) is 25.8 Å². The molecule has 0 heterocycles. The first-order chi connectivity index (χ1) is 12.5. The molecule has 0 spiro atoms. The zero-order chi connectivity index (χ0) is 20.2. The molecule has 1 atom stereocenters. The fraction of sp³-hybridized carbons (Fsp3) is 0.381. The lowest BCUT2D eigenvalue weighted by Gasteiger charge is -2.24. The van der Waals surface area contributed by atoms with Crippen LogP contribution in [-0.4, -0.2) is 25.7 Å². The van der Waals surface area contributed by atoms with E-state index in [0.717, 1.165) is 15.6 Å². The lowest BCUT2D eigenvalue weighted by atomic mass is 10.0. The van der Waals surface area contributed by atoms with E-state index in [4.69, 9.17) is 4.74 Å². The molecule has 0 amide bonds. The standard InChI is InChI=1S/C21H25BrO4S/c1-15-5-11-19(12-6-15)27(24,25)14-17(20(23)26-21(2,3)4)13-16-7-9-18(22)10-8-16/h5-12,17H,13-14H2,1-4H3. The summed E-state index contributed by atoms with van der Waals surface area (Å²) in [5.41, 5.74) is 1.18. The second-order valence-electron chi connectivity index (χ2n) is 7.66. The number of sulfone groups is 1. The number of hydrogen-bond acceptors (Lipinski definition) is 4. The quantitative estimate of drug-likeness (QED) is 0.594. The van der Waals surface area contributed by atoms with Crippen LogP contribution in [0, 0.1) is 12.8 Å². The van der Waals surface area contributed by atoms with Gasteiger partial charge in [-0.1, -0.05) is 45.8 Å². The predicted molar refractivity (Wildman–Crippen MR) is 110 cm³/mol. The summed E-state index contributed by atoms with van der Waals surface area (Å²) in [5.74, 6) is -1.57. The average Bonchev–Trinajstić information content (AvgIpc) is 2.55. The Balaban J connectivity index is 2.29. The summed E-state index contributed by atoms with van der Waals surface area (Å²) in [6.45, 7) is 7.22. The van der Waals surface area contributed by atoms with Crippen LogP contribution in [0.25, 0.3) is 0 Å². The first-order valence-electron chi connectivity index (χ1n) is 8.73. The van der Waals surface area contributed by atoms with Crippen molar-refractivity contribution in [3.63, 3.8) is 0 Å². The molecule has 146 valence electrons. The van der Waals surface area contributed by atoms with Crippen molar-refractivity contribution in [3.8, 4) is 0 Å². The van der Waals surface area contributed by atoms with E-state index >= 15 is 0 Å². The van der Waals surface area contributed by atoms with Crippen molar-refractivity contribution in [1.82, 2.24) is 0 Å². The number of ether oxygens (including phenoxy) is 1. The molecule has 6 heteroatoms. The lowest BCUT2D eigenvalue weighted by Crippen LogP contribution is -2.33. The van der Waals surface area contributed by atoms with Crippen molar-refractivity contribution in [2.45, 2.75) is 44.6 Å². The van der Waals surface area contributed by atoms with E-state index in [1.54, 1.807) is 45.0 Å². The van der Waals surface area contributed by atoms with E-state index < -0.39 is 27.3 Å². The number of hydrogen-bond donors (Lipinski definition) is 0. The summed E-state index contributed by atoms with van der Waals surface area (Å²) in [7, 11) is -3.62. The summed E-state index contributed by atoms with van der Waals surface area (Å²) in [4.78, 5) is 12.9. The van der Waals surface area contributed by atoms with E-state index in [0.29, 0.717) is 6.42 Å². The predicted octanol–water partition coefficient (Wildman–Crippen LogP) is 4.73. The van der Waals surface area contributed by atoms with Crippen LogP contribution in [0.3, 0.4) is 0 Å². The van der Waals surface area contributed by atoms with Gasteiger partial charge in [0, 0.05) is 4.47 Å². The third-order valence-electron chi connectivity index (χ3n) is 3.94. The Morgan fingerprint density at radius 3 is 2.11 bits per heavy atom. The number of carbonyl (C=O) groups excluding carboxylic acids is 1. The smallest absolute Gasteiger partial charge is 0.310 e. The number of carbonyl (C=O) groups is 1. The molecule has 0 N–H and O–H groups in total. The highest BCUT2D eigenvalue weighted by Gasteiger charge is 2.31. The van der Waals surface area contributed by atoms with Gasteiger partial charge in [-0.15, -0.1) is 0 Å². The van der Waals surface area contributed by atoms with E-state index in [1.807, 2.05) is 31.2 Å². The second kappa shape index (κ2) is 8.57. The van der Waals surface area contributed by atoms with Gasteiger partial charge in [-0.3, -0.25) is 4.79 Å². The van der Waals surface area contributed by atoms with E-state index in [2.05, 4.69) is 15.9 Å². The maximum atomic E-state index is 12.9. The van der Waals surface area contributed by atoms with Crippen LogP contribution < -0.4 is 0 Å². The highest BCUT2D eigenvalue weighted by molar-refractivity contribution is 9.10. The molecule has 0 aliphatic rings. The number of aryl methyl sites for hydroxylation is 1. The molecule has 0 fully saturated rings. The topological polar surface area (TPSA) is 60.4 Å². The van der Waals surface area contributed by atoms with Crippen molar-refractivity contribution >= 4 is 31.7 Å². The monoisotopic (exact) mass is 452 g/mol. The second-order valence-corrected chi connectivity index (χ2v) is 10.6. The highest BCUT2D eigenvalue weighted by Crippen LogP contribution is 2.22. The number of esters is 1. The molecule has 2 rings (SSSR count). The molecule has 1 unspecified atom stereocenters. The van der Waals surface area contributed by atoms with Crippen LogP contribution in [0.15, 0.2) is 57.9 Å². The summed E-state index contributed by atoms with van der Waals surface area (Å²) in [5, 5.41) is 0. The van der Waals surface area contributed by atoms with Gasteiger partial charge in [-0.2, -0.15) is 0 Å². The first kappa shape index (κ1) is 21.6. The van der Waals surface area contributed by atoms with Gasteiger partial charge in [-0.05, 0) is 63.9 Å². The molecule has 0 saturated heterocycles. The highest BCUT2D eigenvalue weighted by atomic mass is 79.9. The third kappa shape index (κ3) is 6.78. The Bertz CT molecular complexity index is 879. The van der Waals surface area contributed by atoms with Crippen molar-refractivity contribution in [2.24, 2.45) is 5.92 Å². The minimum atomic E-state index is -3.62. The van der Waals surface area contributed by atoms with Crippen molar-refractivity contribution < 1.29 is 17.9 Å². The largest absolute Gasteiger partial charge is 0.460 e. The fourth-order valence-electron chi connectivity index (χ4n) is 2.61. The Morgan fingerprint density at radius 1 is 1.04 bits per heavy atom. The molecule has 0 aliphatic heterocycles. The molecular formula is C21H25BrO4S. The minimum absolute atomic E-state index is 0.220. The van der Waals surface area contributed by atoms with Crippen LogP contribution in [0.4, 0.5) is 0 Å². The van der Waals surface area contributed by atoms with Gasteiger partial charge in [0.15, 0.2) is 9.84 Å². The van der Waals surface area contributed by atoms with Gasteiger partial charge < -0.3 is 4.74 Å². The van der Waals surface area contributed by atoms with Crippen LogP contribution >= 0.6 is 15.9 Å². The summed E-state index contributed by atoms with van der Waals surface area (Å²) >= 11 is 3.38. The lowest BCUT2D eigenvalue weighted by molar-refractivity contribution is -0.159. The van der Waals surface area contributed by atoms with E-state index in [9.17, 15) is 13.2 Å². The van der Waals surface area contributed by atoms with Crippen LogP contribution in [0.2, 0.25) is 0 Å². The molecule has 0 aliphatic carbocycles. The molecule has 0 saturated carbocycles. The third-order valence-corrected chi connectivity index (χ3v) is 6.30. The Labute approximate surface area is 170 Å². The van der Waals surface area contributed by atoms with Gasteiger partial charge in [0.1, 0.15) is 5.60 Å². The SMILES string of the molecule is Cc1ccc(S(=O)(=O)CC(Cc2ccc(Br)cc2)C(=O)OC(C)(C)C)cc1. The van der Waals surface area contributed by atoms with Gasteiger partial charge in [0.05, 0.1) is 16.6 Å². The Kier molecular flexibility index (Phi) is 6.87. The average molecular weight is 453 g/mol. The first-order valence-corrected chi connectivity index (χ1v) is 11.2. The van der Waals surface area contributed by atoms with Gasteiger partial charge >= 0.3 is 5.97 Å². The fourth-order valence-corrected chi connectivity index (χ4v) is 4.40. The summed E-state index contributed by atoms with van der Waals surface area (Å²) in [6.07, 6.45) is 0.299. The molecule has 2 aromatic rings. The molecule has 0 radical (unpaired) electrons. The molecule has 0 bridgehead atoms. The molecule has 4 nitrogen and oxygen atoms in total. The van der Waals surface area contributed by atoms with Crippen LogP contribution in [0.5, 0.6) is 0 Å². The zero-order valence-corrected chi connectivity index (χ0v) is 18.4. The number of rotatable bonds is 6. The Morgan fingerprint density at radius 2 is 1.59 bits per heavy atom. The molecule has 27 heavy (non-hydrogen) atoms. The van der Waals surface area contributed by atoms with Crippen molar-refractivity contribution in [1.29, 1.82) is 0 Å². The maximum Gasteiger partial charge on any atom is 0.310 e. The van der Waals surface area contributed by atoms with Crippen molar-refractivity contribution in [3.05, 3.63) is 64.1 Å². The number of halogens is 1. The number of benzene rings is 2. The summed E-state index contributed by atoms with van der Waals surface area (Å²) in [6, 6.07) is 14.2. The van der Waals surface area contributed by atoms with E-state index in [1.165, 1.54) is 0 Å². The van der Waals surface area contributed by atoms with Gasteiger partial charge in [0.25, 0.3) is 0 Å². The molecular weight excluding hydrogens is 428 g/mol. The Hall–Kier alpha value is -1.66.